The number of fused-ring (bicyclic) bond motifs is 1. The van der Waals surface area contributed by atoms with Gasteiger partial charge < -0.3 is 10.7 Å². The third kappa shape index (κ3) is 2.04. The zero-order chi connectivity index (χ0) is 12.7. The van der Waals surface area contributed by atoms with Gasteiger partial charge in [-0.1, -0.05) is 15.9 Å². The lowest BCUT2D eigenvalue weighted by molar-refractivity contribution is 1.33. The number of benzene rings is 2. The van der Waals surface area contributed by atoms with Gasteiger partial charge >= 0.3 is 0 Å². The maximum absolute atomic E-state index is 5.68. The Morgan fingerprint density at radius 3 is 2.50 bits per heavy atom. The summed E-state index contributed by atoms with van der Waals surface area (Å²) >= 11 is 6.98. The predicted molar refractivity (Wildman–Crippen MR) is 81.3 cm³/mol. The topological polar surface area (TPSA) is 54.7 Å². The van der Waals surface area contributed by atoms with Crippen LogP contribution in [-0.2, 0) is 0 Å². The number of rotatable bonds is 1. The number of nitrogen functional groups attached to an aromatic ring is 1. The lowest BCUT2D eigenvalue weighted by Crippen LogP contribution is -1.84. The van der Waals surface area contributed by atoms with E-state index in [-0.39, 0.29) is 0 Å². The van der Waals surface area contributed by atoms with Crippen molar-refractivity contribution < 1.29 is 0 Å². The molecule has 2 aromatic carbocycles. The van der Waals surface area contributed by atoms with Crippen LogP contribution in [0.25, 0.3) is 22.4 Å². The van der Waals surface area contributed by atoms with Crippen LogP contribution in [0.4, 0.5) is 5.69 Å². The Morgan fingerprint density at radius 2 is 1.78 bits per heavy atom. The molecule has 1 aromatic heterocycles. The second-order valence-corrected chi connectivity index (χ2v) is 5.76. The monoisotopic (exact) mass is 365 g/mol. The van der Waals surface area contributed by atoms with Gasteiger partial charge in [0, 0.05) is 20.2 Å². The highest BCUT2D eigenvalue weighted by atomic mass is 79.9. The average Bonchev–Trinajstić information content (AvgIpc) is 2.74. The normalized spacial score (nSPS) is 11.0. The number of H-pyrrole nitrogens is 1. The molecule has 0 fully saturated rings. The molecule has 18 heavy (non-hydrogen) atoms. The largest absolute Gasteiger partial charge is 0.399 e. The molecule has 3 nitrogen and oxygen atoms in total. The van der Waals surface area contributed by atoms with E-state index >= 15 is 0 Å². The second kappa shape index (κ2) is 4.40. The molecule has 0 amide bonds. The molecule has 0 unspecified atom stereocenters. The SMILES string of the molecule is Nc1ccc(-c2nc3c(Br)cc(Br)cc3[nH]2)cc1. The van der Waals surface area contributed by atoms with E-state index in [0.717, 1.165) is 37.1 Å². The molecule has 0 aliphatic heterocycles. The third-order valence-electron chi connectivity index (χ3n) is 2.69. The van der Waals surface area contributed by atoms with E-state index in [0.29, 0.717) is 0 Å². The summed E-state index contributed by atoms with van der Waals surface area (Å²) in [5.74, 6) is 0.837. The summed E-state index contributed by atoms with van der Waals surface area (Å²) in [4.78, 5) is 7.89. The van der Waals surface area contributed by atoms with E-state index in [2.05, 4.69) is 41.8 Å². The maximum atomic E-state index is 5.68. The molecular weight excluding hydrogens is 358 g/mol. The number of nitrogens with zero attached hydrogens (tertiary/aromatic N) is 1. The van der Waals surface area contributed by atoms with Crippen molar-refractivity contribution >= 4 is 48.6 Å². The maximum Gasteiger partial charge on any atom is 0.138 e. The van der Waals surface area contributed by atoms with Gasteiger partial charge in [-0.3, -0.25) is 0 Å². The van der Waals surface area contributed by atoms with Gasteiger partial charge in [0.1, 0.15) is 11.3 Å². The predicted octanol–water partition coefficient (Wildman–Crippen LogP) is 4.34. The number of aromatic nitrogens is 2. The number of imidazole rings is 1. The third-order valence-corrected chi connectivity index (χ3v) is 3.75. The Labute approximate surface area is 121 Å². The molecule has 0 saturated heterocycles. The zero-order valence-corrected chi connectivity index (χ0v) is 12.4. The van der Waals surface area contributed by atoms with Gasteiger partial charge in [0.25, 0.3) is 0 Å². The highest BCUT2D eigenvalue weighted by Crippen LogP contribution is 2.29. The van der Waals surface area contributed by atoms with Crippen LogP contribution in [-0.4, -0.2) is 9.97 Å². The van der Waals surface area contributed by atoms with E-state index in [1.807, 2.05) is 36.4 Å². The molecule has 3 rings (SSSR count). The number of aromatic amines is 1. The lowest BCUT2D eigenvalue weighted by atomic mass is 10.2. The fraction of sp³-hybridized carbons (Fsp3) is 0. The van der Waals surface area contributed by atoms with Crippen LogP contribution in [0.3, 0.4) is 0 Å². The van der Waals surface area contributed by atoms with Crippen LogP contribution < -0.4 is 5.73 Å². The molecule has 3 N–H and O–H groups in total. The highest BCUT2D eigenvalue weighted by Gasteiger charge is 2.08. The smallest absolute Gasteiger partial charge is 0.138 e. The Morgan fingerprint density at radius 1 is 1.06 bits per heavy atom. The Balaban J connectivity index is 2.19. The summed E-state index contributed by atoms with van der Waals surface area (Å²) in [6.07, 6.45) is 0. The summed E-state index contributed by atoms with van der Waals surface area (Å²) in [6, 6.07) is 11.6. The minimum absolute atomic E-state index is 0.749. The molecule has 0 spiro atoms. The molecule has 0 radical (unpaired) electrons. The summed E-state index contributed by atoms with van der Waals surface area (Å²) in [5.41, 5.74) is 9.36. The van der Waals surface area contributed by atoms with Gasteiger partial charge in [-0.15, -0.1) is 0 Å². The minimum atomic E-state index is 0.749. The Kier molecular flexibility index (Phi) is 2.87. The Hall–Kier alpha value is -1.33. The fourth-order valence-corrected chi connectivity index (χ4v) is 3.13. The molecule has 3 aromatic rings. The van der Waals surface area contributed by atoms with Crippen molar-refractivity contribution in [1.29, 1.82) is 0 Å². The lowest BCUT2D eigenvalue weighted by Gasteiger charge is -1.96. The van der Waals surface area contributed by atoms with Gasteiger partial charge in [-0.05, 0) is 52.3 Å². The number of hydrogen-bond acceptors (Lipinski definition) is 2. The van der Waals surface area contributed by atoms with E-state index in [1.165, 1.54) is 0 Å². The average molecular weight is 367 g/mol. The second-order valence-electron chi connectivity index (χ2n) is 3.99. The quantitative estimate of drug-likeness (QED) is 0.629. The summed E-state index contributed by atoms with van der Waals surface area (Å²) in [7, 11) is 0. The van der Waals surface area contributed by atoms with Crippen molar-refractivity contribution in [2.24, 2.45) is 0 Å². The number of hydrogen-bond donors (Lipinski definition) is 2. The standard InChI is InChI=1S/C13H9Br2N3/c14-8-5-10(15)12-11(6-8)17-13(18-12)7-1-3-9(16)4-2-7/h1-6H,16H2,(H,17,18). The minimum Gasteiger partial charge on any atom is -0.399 e. The molecule has 0 aliphatic rings. The first-order valence-corrected chi connectivity index (χ1v) is 6.93. The molecule has 90 valence electrons. The molecule has 5 heteroatoms. The van der Waals surface area contributed by atoms with Crippen molar-refractivity contribution in [3.63, 3.8) is 0 Å². The van der Waals surface area contributed by atoms with Crippen LogP contribution in [0.2, 0.25) is 0 Å². The van der Waals surface area contributed by atoms with Gasteiger partial charge in [-0.25, -0.2) is 4.98 Å². The van der Waals surface area contributed by atoms with Crippen LogP contribution in [0.5, 0.6) is 0 Å². The fourth-order valence-electron chi connectivity index (χ4n) is 1.82. The molecule has 0 atom stereocenters. The number of anilines is 1. The summed E-state index contributed by atoms with van der Waals surface area (Å²) < 4.78 is 1.97. The molecule has 0 aliphatic carbocycles. The van der Waals surface area contributed by atoms with E-state index < -0.39 is 0 Å². The van der Waals surface area contributed by atoms with Crippen molar-refractivity contribution in [3.8, 4) is 11.4 Å². The van der Waals surface area contributed by atoms with E-state index in [1.54, 1.807) is 0 Å². The van der Waals surface area contributed by atoms with E-state index in [9.17, 15) is 0 Å². The van der Waals surface area contributed by atoms with Crippen molar-refractivity contribution in [3.05, 3.63) is 45.3 Å². The van der Waals surface area contributed by atoms with Crippen LogP contribution in [0.1, 0.15) is 0 Å². The molecule has 0 saturated carbocycles. The van der Waals surface area contributed by atoms with Gasteiger partial charge in [-0.2, -0.15) is 0 Å². The van der Waals surface area contributed by atoms with Crippen LogP contribution in [0, 0.1) is 0 Å². The first-order chi connectivity index (χ1) is 8.63. The summed E-state index contributed by atoms with van der Waals surface area (Å²) in [6.45, 7) is 0. The molecule has 0 bridgehead atoms. The number of nitrogens with two attached hydrogens (primary N) is 1. The van der Waals surface area contributed by atoms with Crippen LogP contribution in [0.15, 0.2) is 45.3 Å². The highest BCUT2D eigenvalue weighted by molar-refractivity contribution is 9.11. The van der Waals surface area contributed by atoms with Crippen molar-refractivity contribution in [1.82, 2.24) is 9.97 Å². The number of halogens is 2. The Bertz CT molecular complexity index is 717. The first-order valence-electron chi connectivity index (χ1n) is 5.34. The summed E-state index contributed by atoms with van der Waals surface area (Å²) in [5, 5.41) is 0. The van der Waals surface area contributed by atoms with Crippen molar-refractivity contribution in [2.45, 2.75) is 0 Å². The first kappa shape index (κ1) is 11.7. The van der Waals surface area contributed by atoms with Gasteiger partial charge in [0.15, 0.2) is 0 Å². The van der Waals surface area contributed by atoms with Gasteiger partial charge in [0.05, 0.1) is 5.52 Å². The molecule has 1 heterocycles. The molecular formula is C13H9Br2N3. The van der Waals surface area contributed by atoms with Crippen molar-refractivity contribution in [2.75, 3.05) is 5.73 Å². The number of nitrogens with one attached hydrogen (secondary N) is 1. The zero-order valence-electron chi connectivity index (χ0n) is 9.24. The van der Waals surface area contributed by atoms with E-state index in [4.69, 9.17) is 5.73 Å². The van der Waals surface area contributed by atoms with Gasteiger partial charge in [0.2, 0.25) is 0 Å². The van der Waals surface area contributed by atoms with Crippen LogP contribution >= 0.6 is 31.9 Å².